The predicted molar refractivity (Wildman–Crippen MR) is 71.0 cm³/mol. The average Bonchev–Trinajstić information content (AvgIpc) is 2.37. The molecule has 104 valence electrons. The molecule has 1 rings (SSSR count). The van der Waals surface area contributed by atoms with Crippen LogP contribution in [0, 0.1) is 0 Å². The minimum absolute atomic E-state index is 0.0608. The number of amides is 2. The summed E-state index contributed by atoms with van der Waals surface area (Å²) in [6, 6.07) is 0.0983. The van der Waals surface area contributed by atoms with E-state index in [4.69, 9.17) is 5.73 Å². The first-order valence-electron chi connectivity index (χ1n) is 6.89. The minimum atomic E-state index is 0.0608. The molecule has 0 bridgehead atoms. The van der Waals surface area contributed by atoms with Crippen molar-refractivity contribution in [3.8, 4) is 0 Å². The second-order valence-corrected chi connectivity index (χ2v) is 4.81. The number of nitrogens with zero attached hydrogens (tertiary/aromatic N) is 2. The fraction of sp³-hybridized carbons (Fsp3) is 0.846. The van der Waals surface area contributed by atoms with Crippen molar-refractivity contribution in [3.05, 3.63) is 0 Å². The second kappa shape index (κ2) is 7.36. The summed E-state index contributed by atoms with van der Waals surface area (Å²) < 4.78 is 0. The van der Waals surface area contributed by atoms with Gasteiger partial charge in [-0.25, -0.2) is 0 Å². The van der Waals surface area contributed by atoms with Crippen LogP contribution in [-0.2, 0) is 9.59 Å². The molecule has 0 aliphatic carbocycles. The van der Waals surface area contributed by atoms with Gasteiger partial charge in [0, 0.05) is 45.1 Å². The van der Waals surface area contributed by atoms with E-state index in [1.54, 1.807) is 9.80 Å². The smallest absolute Gasteiger partial charge is 0.223 e. The molecule has 0 aromatic rings. The molecule has 2 amide bonds. The first-order valence-corrected chi connectivity index (χ1v) is 6.89. The molecule has 1 aliphatic heterocycles. The summed E-state index contributed by atoms with van der Waals surface area (Å²) in [5.41, 5.74) is 5.84. The van der Waals surface area contributed by atoms with Crippen molar-refractivity contribution in [3.63, 3.8) is 0 Å². The molecule has 1 unspecified atom stereocenters. The molecule has 5 heteroatoms. The molecule has 2 N–H and O–H groups in total. The van der Waals surface area contributed by atoms with E-state index in [1.165, 1.54) is 0 Å². The highest BCUT2D eigenvalue weighted by atomic mass is 16.2. The Bertz CT molecular complexity index is 290. The highest BCUT2D eigenvalue weighted by Crippen LogP contribution is 2.10. The lowest BCUT2D eigenvalue weighted by atomic mass is 10.1. The van der Waals surface area contributed by atoms with Crippen LogP contribution in [0.3, 0.4) is 0 Å². The van der Waals surface area contributed by atoms with Gasteiger partial charge in [-0.15, -0.1) is 0 Å². The minimum Gasteiger partial charge on any atom is -0.343 e. The Hall–Kier alpha value is -1.10. The van der Waals surface area contributed by atoms with Gasteiger partial charge in [-0.2, -0.15) is 0 Å². The lowest BCUT2D eigenvalue weighted by Crippen LogP contribution is -2.46. The Balaban J connectivity index is 2.34. The van der Waals surface area contributed by atoms with Crippen LogP contribution in [0.1, 0.15) is 39.5 Å². The van der Waals surface area contributed by atoms with Gasteiger partial charge in [-0.1, -0.05) is 0 Å². The van der Waals surface area contributed by atoms with Crippen LogP contribution in [0.25, 0.3) is 0 Å². The van der Waals surface area contributed by atoms with Gasteiger partial charge in [0.1, 0.15) is 0 Å². The standard InChI is InChI=1S/C13H25N3O2/c1-3-15(4-2)12(17)7-8-13(18)16-9-5-6-11(14)10-16/h11H,3-10,14H2,1-2H3. The Morgan fingerprint density at radius 3 is 2.50 bits per heavy atom. The average molecular weight is 255 g/mol. The quantitative estimate of drug-likeness (QED) is 0.781. The number of carbonyl (C=O) groups is 2. The third-order valence-electron chi connectivity index (χ3n) is 3.48. The van der Waals surface area contributed by atoms with E-state index in [1.807, 2.05) is 13.8 Å². The van der Waals surface area contributed by atoms with Crippen LogP contribution in [0.5, 0.6) is 0 Å². The monoisotopic (exact) mass is 255 g/mol. The van der Waals surface area contributed by atoms with Gasteiger partial charge in [0.2, 0.25) is 11.8 Å². The summed E-state index contributed by atoms with van der Waals surface area (Å²) in [7, 11) is 0. The largest absolute Gasteiger partial charge is 0.343 e. The molecule has 1 aliphatic rings. The van der Waals surface area contributed by atoms with Crippen LogP contribution in [0.4, 0.5) is 0 Å². The molecule has 1 atom stereocenters. The van der Waals surface area contributed by atoms with Crippen molar-refractivity contribution in [1.29, 1.82) is 0 Å². The Morgan fingerprint density at radius 1 is 1.28 bits per heavy atom. The van der Waals surface area contributed by atoms with Gasteiger partial charge in [-0.3, -0.25) is 9.59 Å². The van der Waals surface area contributed by atoms with E-state index in [0.717, 1.165) is 19.4 Å². The summed E-state index contributed by atoms with van der Waals surface area (Å²) in [5, 5.41) is 0. The molecule has 0 saturated carbocycles. The van der Waals surface area contributed by atoms with Gasteiger partial charge < -0.3 is 15.5 Å². The van der Waals surface area contributed by atoms with Crippen LogP contribution < -0.4 is 5.73 Å². The van der Waals surface area contributed by atoms with Gasteiger partial charge in [0.15, 0.2) is 0 Å². The summed E-state index contributed by atoms with van der Waals surface area (Å²) in [6.45, 7) is 6.74. The van der Waals surface area contributed by atoms with Crippen molar-refractivity contribution >= 4 is 11.8 Å². The molecule has 1 heterocycles. The highest BCUT2D eigenvalue weighted by Gasteiger charge is 2.22. The fourth-order valence-electron chi connectivity index (χ4n) is 2.34. The topological polar surface area (TPSA) is 66.6 Å². The first kappa shape index (κ1) is 15.0. The number of hydrogen-bond acceptors (Lipinski definition) is 3. The van der Waals surface area contributed by atoms with Crippen LogP contribution in [-0.4, -0.2) is 53.8 Å². The molecular formula is C13H25N3O2. The van der Waals surface area contributed by atoms with E-state index >= 15 is 0 Å². The van der Waals surface area contributed by atoms with Crippen molar-refractivity contribution in [1.82, 2.24) is 9.80 Å². The molecule has 18 heavy (non-hydrogen) atoms. The van der Waals surface area contributed by atoms with Gasteiger partial charge in [-0.05, 0) is 26.7 Å². The van der Waals surface area contributed by atoms with Gasteiger partial charge >= 0.3 is 0 Å². The van der Waals surface area contributed by atoms with E-state index in [9.17, 15) is 9.59 Å². The van der Waals surface area contributed by atoms with Gasteiger partial charge in [0.25, 0.3) is 0 Å². The lowest BCUT2D eigenvalue weighted by molar-refractivity contribution is -0.137. The molecule has 0 radical (unpaired) electrons. The molecule has 0 spiro atoms. The molecule has 1 fully saturated rings. The lowest BCUT2D eigenvalue weighted by Gasteiger charge is -2.31. The number of hydrogen-bond donors (Lipinski definition) is 1. The van der Waals surface area contributed by atoms with Crippen molar-refractivity contribution in [2.45, 2.75) is 45.6 Å². The maximum Gasteiger partial charge on any atom is 0.223 e. The van der Waals surface area contributed by atoms with Crippen molar-refractivity contribution in [2.24, 2.45) is 5.73 Å². The summed E-state index contributed by atoms with van der Waals surface area (Å²) in [6.07, 6.45) is 2.58. The predicted octanol–water partition coefficient (Wildman–Crippen LogP) is 0.585. The zero-order chi connectivity index (χ0) is 13.5. The Labute approximate surface area is 109 Å². The Kier molecular flexibility index (Phi) is 6.12. The molecular weight excluding hydrogens is 230 g/mol. The SMILES string of the molecule is CCN(CC)C(=O)CCC(=O)N1CCCC(N)C1. The maximum atomic E-state index is 11.9. The number of nitrogens with two attached hydrogens (primary N) is 1. The number of carbonyl (C=O) groups excluding carboxylic acids is 2. The summed E-state index contributed by atoms with van der Waals surface area (Å²) in [5.74, 6) is 0.125. The molecule has 5 nitrogen and oxygen atoms in total. The van der Waals surface area contributed by atoms with Crippen molar-refractivity contribution < 1.29 is 9.59 Å². The first-order chi connectivity index (χ1) is 8.58. The molecule has 0 aromatic carbocycles. The third-order valence-corrected chi connectivity index (χ3v) is 3.48. The van der Waals surface area contributed by atoms with Crippen LogP contribution in [0.2, 0.25) is 0 Å². The van der Waals surface area contributed by atoms with Crippen LogP contribution >= 0.6 is 0 Å². The van der Waals surface area contributed by atoms with Crippen molar-refractivity contribution in [2.75, 3.05) is 26.2 Å². The number of likely N-dealkylation sites (tertiary alicyclic amines) is 1. The molecule has 1 saturated heterocycles. The van der Waals surface area contributed by atoms with E-state index in [-0.39, 0.29) is 17.9 Å². The zero-order valence-corrected chi connectivity index (χ0v) is 11.5. The normalized spacial score (nSPS) is 19.7. The fourth-order valence-corrected chi connectivity index (χ4v) is 2.34. The summed E-state index contributed by atoms with van der Waals surface area (Å²) in [4.78, 5) is 27.3. The van der Waals surface area contributed by atoms with E-state index in [2.05, 4.69) is 0 Å². The van der Waals surface area contributed by atoms with E-state index in [0.29, 0.717) is 32.5 Å². The zero-order valence-electron chi connectivity index (χ0n) is 11.5. The maximum absolute atomic E-state index is 11.9. The van der Waals surface area contributed by atoms with Crippen LogP contribution in [0.15, 0.2) is 0 Å². The number of piperidine rings is 1. The highest BCUT2D eigenvalue weighted by molar-refractivity contribution is 5.83. The molecule has 0 aromatic heterocycles. The second-order valence-electron chi connectivity index (χ2n) is 4.81. The Morgan fingerprint density at radius 2 is 1.94 bits per heavy atom. The van der Waals surface area contributed by atoms with Gasteiger partial charge in [0.05, 0.1) is 0 Å². The number of rotatable bonds is 5. The summed E-state index contributed by atoms with van der Waals surface area (Å²) >= 11 is 0. The third kappa shape index (κ3) is 4.29. The van der Waals surface area contributed by atoms with E-state index < -0.39 is 0 Å².